The Bertz CT molecular complexity index is 705. The van der Waals surface area contributed by atoms with Crippen LogP contribution in [0.15, 0.2) is 23.1 Å². The van der Waals surface area contributed by atoms with Gasteiger partial charge in [-0.3, -0.25) is 0 Å². The molecule has 0 heterocycles. The molecule has 0 atom stereocenters. The van der Waals surface area contributed by atoms with Gasteiger partial charge in [0.1, 0.15) is 5.54 Å². The molecule has 104 valence electrons. The Labute approximate surface area is 118 Å². The van der Waals surface area contributed by atoms with Gasteiger partial charge in [0, 0.05) is 0 Å². The highest BCUT2D eigenvalue weighted by molar-refractivity contribution is 7.89. The van der Waals surface area contributed by atoms with E-state index >= 15 is 0 Å². The van der Waals surface area contributed by atoms with E-state index in [-0.39, 0.29) is 10.5 Å². The number of nitriles is 2. The van der Waals surface area contributed by atoms with Gasteiger partial charge in [0.05, 0.1) is 22.6 Å². The Kier molecular flexibility index (Phi) is 3.80. The van der Waals surface area contributed by atoms with Crippen LogP contribution >= 0.6 is 0 Å². The minimum Gasteiger partial charge on any atom is -0.207 e. The molecule has 0 aliphatic heterocycles. The second-order valence-electron chi connectivity index (χ2n) is 5.10. The maximum Gasteiger partial charge on any atom is 0.242 e. The average molecular weight is 289 g/mol. The van der Waals surface area contributed by atoms with Crippen LogP contribution in [0.4, 0.5) is 0 Å². The van der Waals surface area contributed by atoms with Crippen molar-refractivity contribution in [2.24, 2.45) is 0 Å². The summed E-state index contributed by atoms with van der Waals surface area (Å²) in [6.45, 7) is 1.67. The van der Waals surface area contributed by atoms with Gasteiger partial charge in [-0.05, 0) is 37.5 Å². The van der Waals surface area contributed by atoms with Gasteiger partial charge in [0.2, 0.25) is 10.0 Å². The summed E-state index contributed by atoms with van der Waals surface area (Å²) in [4.78, 5) is 0.0677. The minimum absolute atomic E-state index is 0.0677. The third-order valence-corrected chi connectivity index (χ3v) is 5.29. The Morgan fingerprint density at radius 1 is 1.25 bits per heavy atom. The number of hydrogen-bond acceptors (Lipinski definition) is 4. The molecule has 20 heavy (non-hydrogen) atoms. The fourth-order valence-electron chi connectivity index (χ4n) is 2.49. The largest absolute Gasteiger partial charge is 0.242 e. The zero-order valence-electron chi connectivity index (χ0n) is 11.2. The molecule has 2 rings (SSSR count). The zero-order chi connectivity index (χ0) is 14.8. The van der Waals surface area contributed by atoms with Crippen molar-refractivity contribution in [2.45, 2.75) is 43.0 Å². The highest BCUT2D eigenvalue weighted by Gasteiger charge is 2.38. The zero-order valence-corrected chi connectivity index (χ0v) is 12.0. The lowest BCUT2D eigenvalue weighted by Crippen LogP contribution is -2.45. The summed E-state index contributed by atoms with van der Waals surface area (Å²) in [6, 6.07) is 8.54. The molecule has 1 aromatic carbocycles. The van der Waals surface area contributed by atoms with E-state index in [0.717, 1.165) is 12.8 Å². The second-order valence-corrected chi connectivity index (χ2v) is 6.75. The fourth-order valence-corrected chi connectivity index (χ4v) is 4.13. The molecule has 1 saturated carbocycles. The van der Waals surface area contributed by atoms with E-state index in [9.17, 15) is 13.7 Å². The lowest BCUT2D eigenvalue weighted by atomic mass is 10.0. The van der Waals surface area contributed by atoms with Crippen molar-refractivity contribution in [2.75, 3.05) is 0 Å². The summed E-state index contributed by atoms with van der Waals surface area (Å²) in [5, 5.41) is 18.1. The van der Waals surface area contributed by atoms with Gasteiger partial charge in [-0.25, -0.2) is 8.42 Å². The fraction of sp³-hybridized carbons (Fsp3) is 0.429. The first kappa shape index (κ1) is 14.5. The molecule has 0 spiro atoms. The average Bonchev–Trinajstić information content (AvgIpc) is 2.87. The highest BCUT2D eigenvalue weighted by Crippen LogP contribution is 2.31. The van der Waals surface area contributed by atoms with Gasteiger partial charge in [-0.1, -0.05) is 18.9 Å². The normalized spacial score (nSPS) is 17.4. The first-order chi connectivity index (χ1) is 9.42. The lowest BCUT2D eigenvalue weighted by molar-refractivity contribution is 0.485. The first-order valence-electron chi connectivity index (χ1n) is 6.38. The SMILES string of the molecule is Cc1ccc(C#N)cc1S(=O)(=O)NC1(C#N)CCCC1. The molecule has 0 bridgehead atoms. The molecule has 6 heteroatoms. The summed E-state index contributed by atoms with van der Waals surface area (Å²) in [5.41, 5.74) is -0.163. The van der Waals surface area contributed by atoms with Gasteiger partial charge in [0.25, 0.3) is 0 Å². The van der Waals surface area contributed by atoms with Crippen LogP contribution in [0.1, 0.15) is 36.8 Å². The van der Waals surface area contributed by atoms with Crippen LogP contribution < -0.4 is 4.72 Å². The van der Waals surface area contributed by atoms with Crippen molar-refractivity contribution in [1.82, 2.24) is 4.72 Å². The standard InChI is InChI=1S/C14H15N3O2S/c1-11-4-5-12(9-15)8-13(11)20(18,19)17-14(10-16)6-2-3-7-14/h4-5,8,17H,2-3,6-7H2,1H3. The predicted molar refractivity (Wildman–Crippen MR) is 73.0 cm³/mol. The molecule has 1 aromatic rings. The van der Waals surface area contributed by atoms with Crippen LogP contribution in [0.2, 0.25) is 0 Å². The molecule has 0 aromatic heterocycles. The van der Waals surface area contributed by atoms with E-state index in [2.05, 4.69) is 10.8 Å². The molecule has 0 radical (unpaired) electrons. The molecule has 0 saturated heterocycles. The summed E-state index contributed by atoms with van der Waals surface area (Å²) >= 11 is 0. The Hall–Kier alpha value is -1.89. The van der Waals surface area contributed by atoms with Crippen molar-refractivity contribution in [3.05, 3.63) is 29.3 Å². The van der Waals surface area contributed by atoms with Crippen molar-refractivity contribution in [1.29, 1.82) is 10.5 Å². The van der Waals surface area contributed by atoms with E-state index < -0.39 is 15.6 Å². The van der Waals surface area contributed by atoms with Crippen molar-refractivity contribution >= 4 is 10.0 Å². The van der Waals surface area contributed by atoms with E-state index in [1.165, 1.54) is 6.07 Å². The summed E-state index contributed by atoms with van der Waals surface area (Å²) in [7, 11) is -3.80. The van der Waals surface area contributed by atoms with Crippen LogP contribution in [-0.4, -0.2) is 14.0 Å². The molecule has 5 nitrogen and oxygen atoms in total. The Balaban J connectivity index is 2.41. The number of hydrogen-bond donors (Lipinski definition) is 1. The van der Waals surface area contributed by atoms with Crippen LogP contribution in [0.25, 0.3) is 0 Å². The number of rotatable bonds is 3. The molecular weight excluding hydrogens is 274 g/mol. The highest BCUT2D eigenvalue weighted by atomic mass is 32.2. The Morgan fingerprint density at radius 2 is 1.90 bits per heavy atom. The maximum absolute atomic E-state index is 12.5. The smallest absolute Gasteiger partial charge is 0.207 e. The number of nitrogens with one attached hydrogen (secondary N) is 1. The lowest BCUT2D eigenvalue weighted by Gasteiger charge is -2.22. The van der Waals surface area contributed by atoms with Gasteiger partial charge in [-0.15, -0.1) is 0 Å². The van der Waals surface area contributed by atoms with Crippen LogP contribution in [0.5, 0.6) is 0 Å². The van der Waals surface area contributed by atoms with Crippen LogP contribution in [-0.2, 0) is 10.0 Å². The third kappa shape index (κ3) is 2.67. The first-order valence-corrected chi connectivity index (χ1v) is 7.87. The van der Waals surface area contributed by atoms with Gasteiger partial charge in [0.15, 0.2) is 0 Å². The number of benzene rings is 1. The molecule has 0 amide bonds. The minimum atomic E-state index is -3.80. The third-order valence-electron chi connectivity index (χ3n) is 3.61. The summed E-state index contributed by atoms with van der Waals surface area (Å²) in [6.07, 6.45) is 2.74. The summed E-state index contributed by atoms with van der Waals surface area (Å²) < 4.78 is 27.5. The topological polar surface area (TPSA) is 93.8 Å². The molecule has 1 N–H and O–H groups in total. The van der Waals surface area contributed by atoms with Crippen molar-refractivity contribution in [3.63, 3.8) is 0 Å². The van der Waals surface area contributed by atoms with Crippen molar-refractivity contribution in [3.8, 4) is 12.1 Å². The Morgan fingerprint density at radius 3 is 2.45 bits per heavy atom. The quantitative estimate of drug-likeness (QED) is 0.920. The van der Waals surface area contributed by atoms with E-state index in [4.69, 9.17) is 5.26 Å². The number of sulfonamides is 1. The van der Waals surface area contributed by atoms with Crippen LogP contribution in [0, 0.1) is 29.6 Å². The molecule has 1 aliphatic carbocycles. The number of aryl methyl sites for hydroxylation is 1. The molecule has 0 unspecified atom stereocenters. The van der Waals surface area contributed by atoms with E-state index in [1.54, 1.807) is 19.1 Å². The van der Waals surface area contributed by atoms with Crippen LogP contribution in [0.3, 0.4) is 0 Å². The second kappa shape index (κ2) is 5.24. The number of nitrogens with zero attached hydrogens (tertiary/aromatic N) is 2. The van der Waals surface area contributed by atoms with Gasteiger partial charge < -0.3 is 0 Å². The molecule has 1 aliphatic rings. The summed E-state index contributed by atoms with van der Waals surface area (Å²) in [5.74, 6) is 0. The van der Waals surface area contributed by atoms with E-state index in [1.807, 2.05) is 6.07 Å². The maximum atomic E-state index is 12.5. The molecule has 1 fully saturated rings. The molecular formula is C14H15N3O2S. The van der Waals surface area contributed by atoms with Gasteiger partial charge >= 0.3 is 0 Å². The van der Waals surface area contributed by atoms with E-state index in [0.29, 0.717) is 18.4 Å². The van der Waals surface area contributed by atoms with Gasteiger partial charge in [-0.2, -0.15) is 15.2 Å². The monoisotopic (exact) mass is 289 g/mol. The van der Waals surface area contributed by atoms with Crippen molar-refractivity contribution < 1.29 is 8.42 Å². The predicted octanol–water partition coefficient (Wildman–Crippen LogP) is 1.98.